The Hall–Kier alpha value is -4.24. The van der Waals surface area contributed by atoms with Crippen LogP contribution in [0.25, 0.3) is 0 Å². The highest BCUT2D eigenvalue weighted by atomic mass is 15.2. The van der Waals surface area contributed by atoms with Gasteiger partial charge in [-0.25, -0.2) is 0 Å². The molecule has 0 amide bonds. The molecule has 0 atom stereocenters. The third kappa shape index (κ3) is 3.36. The Morgan fingerprint density at radius 2 is 1.33 bits per heavy atom. The van der Waals surface area contributed by atoms with E-state index < -0.39 is 0 Å². The van der Waals surface area contributed by atoms with Crippen molar-refractivity contribution in [2.45, 2.75) is 70.6 Å². The lowest BCUT2D eigenvalue weighted by Crippen LogP contribution is -2.64. The van der Waals surface area contributed by atoms with Gasteiger partial charge >= 0.3 is 0 Å². The lowest BCUT2D eigenvalue weighted by atomic mass is 9.32. The van der Waals surface area contributed by atoms with Crippen molar-refractivity contribution >= 4 is 57.2 Å². The van der Waals surface area contributed by atoms with Crippen LogP contribution in [-0.2, 0) is 11.8 Å². The molecule has 0 N–H and O–H groups in total. The Morgan fingerprint density at radius 1 is 0.646 bits per heavy atom. The maximum absolute atomic E-state index is 2.71. The molecular weight excluding hydrogens is 579 g/mol. The van der Waals surface area contributed by atoms with Crippen LogP contribution in [0, 0.1) is 23.7 Å². The molecule has 4 aliphatic carbocycles. The van der Waals surface area contributed by atoms with Crippen molar-refractivity contribution in [1.82, 2.24) is 0 Å². The molecule has 5 aromatic rings. The lowest BCUT2D eigenvalue weighted by Gasteiger charge is -2.64. The lowest BCUT2D eigenvalue weighted by molar-refractivity contribution is -0.0419. The Labute approximate surface area is 285 Å². The summed E-state index contributed by atoms with van der Waals surface area (Å²) in [6, 6.07) is 40.8. The fraction of sp³-hybridized carbons (Fsp3) is 0.333. The third-order valence-electron chi connectivity index (χ3n) is 13.7. The minimum Gasteiger partial charge on any atom is -0.311 e. The average Bonchev–Trinajstić information content (AvgIpc) is 3.11. The zero-order valence-electron chi connectivity index (χ0n) is 28.4. The number of para-hydroxylation sites is 2. The molecule has 0 unspecified atom stereocenters. The molecule has 2 nitrogen and oxygen atoms in total. The smallest absolute Gasteiger partial charge is 0.252 e. The number of nitrogens with zero attached hydrogens (tertiary/aromatic N) is 2. The Balaban J connectivity index is 1.23. The zero-order valence-corrected chi connectivity index (χ0v) is 28.4. The summed E-state index contributed by atoms with van der Waals surface area (Å²) in [4.78, 5) is 5.28. The second-order valence-corrected chi connectivity index (χ2v) is 16.2. The van der Waals surface area contributed by atoms with Gasteiger partial charge in [0.25, 0.3) is 6.71 Å². The van der Waals surface area contributed by atoms with Crippen molar-refractivity contribution in [3.8, 4) is 0 Å². The molecule has 0 radical (unpaired) electrons. The van der Waals surface area contributed by atoms with Crippen molar-refractivity contribution in [3.63, 3.8) is 0 Å². The Bertz CT molecular complexity index is 2130. The second kappa shape index (κ2) is 9.68. The molecule has 236 valence electrons. The van der Waals surface area contributed by atoms with E-state index in [2.05, 4.69) is 134 Å². The summed E-state index contributed by atoms with van der Waals surface area (Å²) in [7, 11) is 0. The highest BCUT2D eigenvalue weighted by Crippen LogP contribution is 2.69. The molecule has 5 aromatic carbocycles. The van der Waals surface area contributed by atoms with Crippen molar-refractivity contribution in [1.29, 1.82) is 0 Å². The van der Waals surface area contributed by atoms with Crippen molar-refractivity contribution in [3.05, 3.63) is 125 Å². The first-order chi connectivity index (χ1) is 23.6. The number of benzene rings is 5. The average molecular weight is 623 g/mol. The molecule has 4 fully saturated rings. The van der Waals surface area contributed by atoms with Crippen molar-refractivity contribution in [2.75, 3.05) is 9.80 Å². The summed E-state index contributed by atoms with van der Waals surface area (Å²) in [5, 5.41) is 0. The molecule has 3 aliphatic heterocycles. The van der Waals surface area contributed by atoms with Crippen LogP contribution in [0.4, 0.5) is 34.1 Å². The van der Waals surface area contributed by atoms with Gasteiger partial charge in [-0.1, -0.05) is 87.5 Å². The SMILES string of the molecule is CCc1cccc(N2c3ccc(C(C)C)cc3B3c4cccc5c4N(c4ccccc4C54C5CC6CC(C5)CC4C6)c4cccc2c43)c1. The number of hydrogen-bond donors (Lipinski definition) is 0. The number of hydrogen-bond acceptors (Lipinski definition) is 2. The highest BCUT2D eigenvalue weighted by molar-refractivity contribution is 7.00. The molecule has 1 spiro atoms. The fourth-order valence-corrected chi connectivity index (χ4v) is 12.1. The minimum atomic E-state index is 0.116. The van der Waals surface area contributed by atoms with Gasteiger partial charge in [-0.3, -0.25) is 0 Å². The monoisotopic (exact) mass is 622 g/mol. The number of fused-ring (bicyclic) bond motifs is 6. The molecule has 3 heteroatoms. The number of anilines is 6. The molecule has 0 saturated heterocycles. The Morgan fingerprint density at radius 3 is 2.10 bits per heavy atom. The zero-order chi connectivity index (χ0) is 31.9. The van der Waals surface area contributed by atoms with Gasteiger partial charge < -0.3 is 9.80 Å². The predicted molar refractivity (Wildman–Crippen MR) is 202 cm³/mol. The van der Waals surface area contributed by atoms with Gasteiger partial charge in [-0.15, -0.1) is 0 Å². The maximum atomic E-state index is 2.71. The van der Waals surface area contributed by atoms with E-state index in [1.165, 1.54) is 93.7 Å². The van der Waals surface area contributed by atoms with E-state index in [9.17, 15) is 0 Å². The van der Waals surface area contributed by atoms with Crippen LogP contribution >= 0.6 is 0 Å². The van der Waals surface area contributed by atoms with E-state index in [0.29, 0.717) is 5.92 Å². The molecule has 0 aromatic heterocycles. The summed E-state index contributed by atoms with van der Waals surface area (Å²) in [6.07, 6.45) is 8.13. The van der Waals surface area contributed by atoms with Crippen molar-refractivity contribution in [2.24, 2.45) is 23.7 Å². The molecule has 7 aliphatic rings. The van der Waals surface area contributed by atoms with Gasteiger partial charge in [0, 0.05) is 33.9 Å². The molecule has 4 bridgehead atoms. The third-order valence-corrected chi connectivity index (χ3v) is 13.7. The van der Waals surface area contributed by atoms with E-state index in [-0.39, 0.29) is 12.1 Å². The van der Waals surface area contributed by atoms with Crippen LogP contribution in [0.5, 0.6) is 0 Å². The second-order valence-electron chi connectivity index (χ2n) is 16.2. The minimum absolute atomic E-state index is 0.116. The molecular formula is C45H43BN2. The molecule has 3 heterocycles. The quantitative estimate of drug-likeness (QED) is 0.181. The summed E-state index contributed by atoms with van der Waals surface area (Å²) in [6.45, 7) is 7.14. The van der Waals surface area contributed by atoms with E-state index in [0.717, 1.165) is 30.1 Å². The van der Waals surface area contributed by atoms with Gasteiger partial charge in [0.2, 0.25) is 0 Å². The largest absolute Gasteiger partial charge is 0.311 e. The van der Waals surface area contributed by atoms with Gasteiger partial charge in [0.05, 0.1) is 5.69 Å². The first-order valence-electron chi connectivity index (χ1n) is 18.7. The van der Waals surface area contributed by atoms with Crippen LogP contribution in [-0.4, -0.2) is 6.71 Å². The van der Waals surface area contributed by atoms with Crippen LogP contribution in [0.1, 0.15) is 81.0 Å². The Kier molecular flexibility index (Phi) is 5.59. The van der Waals surface area contributed by atoms with Gasteiger partial charge in [-0.05, 0) is 143 Å². The summed E-state index contributed by atoms with van der Waals surface area (Å²) in [5.74, 6) is 3.82. The molecule has 4 saturated carbocycles. The predicted octanol–water partition coefficient (Wildman–Crippen LogP) is 9.51. The summed E-state index contributed by atoms with van der Waals surface area (Å²) >= 11 is 0. The van der Waals surface area contributed by atoms with Crippen LogP contribution in [0.3, 0.4) is 0 Å². The van der Waals surface area contributed by atoms with E-state index in [4.69, 9.17) is 0 Å². The van der Waals surface area contributed by atoms with Crippen LogP contribution < -0.4 is 26.2 Å². The first kappa shape index (κ1) is 27.7. The topological polar surface area (TPSA) is 6.48 Å². The summed E-state index contributed by atoms with van der Waals surface area (Å²) < 4.78 is 0. The standard InChI is InChI=1S/C45H43BN2/c1-4-28-10-7-11-34(25-28)47-40-19-18-31(27(2)3)26-38(40)46-37-14-8-13-36-44(37)48(42-17-9-16-41(47)43(42)46)39-15-6-5-12-35(39)45(36)32-21-29-20-30(23-32)24-33(45)22-29/h5-19,25-27,29-30,32-33H,4,20-24H2,1-3H3. The number of aryl methyl sites for hydroxylation is 1. The first-order valence-corrected chi connectivity index (χ1v) is 18.7. The molecule has 48 heavy (non-hydrogen) atoms. The van der Waals surface area contributed by atoms with Crippen LogP contribution in [0.15, 0.2) is 103 Å². The fourth-order valence-electron chi connectivity index (χ4n) is 12.1. The van der Waals surface area contributed by atoms with Crippen molar-refractivity contribution < 1.29 is 0 Å². The van der Waals surface area contributed by atoms with Gasteiger partial charge in [0.15, 0.2) is 0 Å². The normalized spacial score (nSPS) is 26.5. The van der Waals surface area contributed by atoms with E-state index in [1.807, 2.05) is 0 Å². The summed E-state index contributed by atoms with van der Waals surface area (Å²) in [5.41, 5.74) is 18.7. The van der Waals surface area contributed by atoms with Gasteiger partial charge in [0.1, 0.15) is 0 Å². The van der Waals surface area contributed by atoms with Gasteiger partial charge in [-0.2, -0.15) is 0 Å². The van der Waals surface area contributed by atoms with Crippen LogP contribution in [0.2, 0.25) is 0 Å². The van der Waals surface area contributed by atoms with E-state index >= 15 is 0 Å². The van der Waals surface area contributed by atoms with E-state index in [1.54, 1.807) is 11.1 Å². The number of rotatable bonds is 3. The maximum Gasteiger partial charge on any atom is 0.252 e. The molecule has 12 rings (SSSR count). The highest BCUT2D eigenvalue weighted by Gasteiger charge is 2.62.